The van der Waals surface area contributed by atoms with Crippen LogP contribution in [0.15, 0.2) is 42.6 Å². The highest BCUT2D eigenvalue weighted by Gasteiger charge is 2.25. The number of morpholine rings is 1. The molecular formula is C21H27N3O2. The first kappa shape index (κ1) is 17.3. The van der Waals surface area contributed by atoms with Crippen molar-refractivity contribution in [3.63, 3.8) is 0 Å². The summed E-state index contributed by atoms with van der Waals surface area (Å²) < 4.78 is 5.39. The number of hydrogen-bond donors (Lipinski definition) is 1. The van der Waals surface area contributed by atoms with Gasteiger partial charge < -0.3 is 14.6 Å². The van der Waals surface area contributed by atoms with Gasteiger partial charge in [-0.15, -0.1) is 0 Å². The molecule has 26 heavy (non-hydrogen) atoms. The summed E-state index contributed by atoms with van der Waals surface area (Å²) in [6.45, 7) is 6.19. The van der Waals surface area contributed by atoms with Gasteiger partial charge in [0.1, 0.15) is 0 Å². The van der Waals surface area contributed by atoms with E-state index in [0.29, 0.717) is 5.92 Å². The van der Waals surface area contributed by atoms with Crippen molar-refractivity contribution in [1.29, 1.82) is 0 Å². The number of likely N-dealkylation sites (tertiary alicyclic amines) is 1. The zero-order valence-corrected chi connectivity index (χ0v) is 15.2. The molecule has 0 unspecified atom stereocenters. The number of amides is 1. The Morgan fingerprint density at radius 2 is 1.77 bits per heavy atom. The molecule has 2 aliphatic heterocycles. The number of hydrogen-bond acceptors (Lipinski definition) is 3. The third kappa shape index (κ3) is 4.00. The normalized spacial score (nSPS) is 19.6. The second-order valence-corrected chi connectivity index (χ2v) is 7.28. The van der Waals surface area contributed by atoms with E-state index in [4.69, 9.17) is 4.74 Å². The lowest BCUT2D eigenvalue weighted by molar-refractivity contribution is 0.0342. The van der Waals surface area contributed by atoms with Gasteiger partial charge in [-0.3, -0.25) is 9.69 Å². The standard InChI is InChI=1S/C21H27N3O2/c25-21(24-10-7-18(8-11-24)20-2-1-9-22-20)19-5-3-17(4-6-19)16-23-12-14-26-15-13-23/h1-6,9,18,22H,7-8,10-16H2. The molecule has 0 aliphatic carbocycles. The second kappa shape index (κ2) is 8.06. The topological polar surface area (TPSA) is 48.6 Å². The van der Waals surface area contributed by atoms with Crippen molar-refractivity contribution in [3.05, 3.63) is 59.4 Å². The first-order valence-electron chi connectivity index (χ1n) is 9.61. The smallest absolute Gasteiger partial charge is 0.253 e. The zero-order valence-electron chi connectivity index (χ0n) is 15.2. The third-order valence-corrected chi connectivity index (χ3v) is 5.55. The monoisotopic (exact) mass is 353 g/mol. The number of aromatic nitrogens is 1. The molecule has 2 aliphatic rings. The molecule has 5 heteroatoms. The van der Waals surface area contributed by atoms with Crippen LogP contribution in [0.2, 0.25) is 0 Å². The van der Waals surface area contributed by atoms with Gasteiger partial charge in [-0.05, 0) is 42.7 Å². The van der Waals surface area contributed by atoms with Gasteiger partial charge in [-0.1, -0.05) is 12.1 Å². The first-order valence-corrected chi connectivity index (χ1v) is 9.61. The van der Waals surface area contributed by atoms with Crippen molar-refractivity contribution in [2.75, 3.05) is 39.4 Å². The van der Waals surface area contributed by atoms with Gasteiger partial charge in [0.2, 0.25) is 0 Å². The number of aromatic amines is 1. The lowest BCUT2D eigenvalue weighted by Gasteiger charge is -2.31. The lowest BCUT2D eigenvalue weighted by atomic mass is 9.93. The summed E-state index contributed by atoms with van der Waals surface area (Å²) in [5.74, 6) is 0.706. The zero-order chi connectivity index (χ0) is 17.8. The van der Waals surface area contributed by atoms with Gasteiger partial charge >= 0.3 is 0 Å². The minimum Gasteiger partial charge on any atom is -0.379 e. The molecule has 2 fully saturated rings. The van der Waals surface area contributed by atoms with Crippen molar-refractivity contribution < 1.29 is 9.53 Å². The van der Waals surface area contributed by atoms with E-state index in [1.54, 1.807) is 0 Å². The fourth-order valence-electron chi connectivity index (χ4n) is 3.94. The van der Waals surface area contributed by atoms with Gasteiger partial charge in [0.15, 0.2) is 0 Å². The van der Waals surface area contributed by atoms with E-state index in [0.717, 1.165) is 64.3 Å². The predicted molar refractivity (Wildman–Crippen MR) is 101 cm³/mol. The highest BCUT2D eigenvalue weighted by molar-refractivity contribution is 5.94. The maximum Gasteiger partial charge on any atom is 0.253 e. The minimum atomic E-state index is 0.160. The van der Waals surface area contributed by atoms with Crippen LogP contribution < -0.4 is 0 Å². The van der Waals surface area contributed by atoms with Gasteiger partial charge in [-0.25, -0.2) is 0 Å². The number of rotatable bonds is 4. The van der Waals surface area contributed by atoms with Gasteiger partial charge in [0.25, 0.3) is 5.91 Å². The molecule has 0 saturated carbocycles. The van der Waals surface area contributed by atoms with E-state index in [1.807, 2.05) is 29.3 Å². The highest BCUT2D eigenvalue weighted by atomic mass is 16.5. The van der Waals surface area contributed by atoms with E-state index < -0.39 is 0 Å². The number of nitrogens with zero attached hydrogens (tertiary/aromatic N) is 2. The number of nitrogens with one attached hydrogen (secondary N) is 1. The molecule has 4 rings (SSSR count). The van der Waals surface area contributed by atoms with Crippen molar-refractivity contribution in [1.82, 2.24) is 14.8 Å². The Hall–Kier alpha value is -2.11. The van der Waals surface area contributed by atoms with Crippen LogP contribution in [0.1, 0.15) is 40.4 Å². The Balaban J connectivity index is 1.32. The predicted octanol–water partition coefficient (Wildman–Crippen LogP) is 2.87. The largest absolute Gasteiger partial charge is 0.379 e. The fraction of sp³-hybridized carbons (Fsp3) is 0.476. The SMILES string of the molecule is O=C(c1ccc(CN2CCOCC2)cc1)N1CCC(c2ccc[nH]2)CC1. The van der Waals surface area contributed by atoms with E-state index in [2.05, 4.69) is 28.1 Å². The summed E-state index contributed by atoms with van der Waals surface area (Å²) in [7, 11) is 0. The third-order valence-electron chi connectivity index (χ3n) is 5.55. The number of carbonyl (C=O) groups is 1. The molecule has 0 atom stereocenters. The van der Waals surface area contributed by atoms with Crippen LogP contribution in [-0.2, 0) is 11.3 Å². The Labute approximate surface area is 154 Å². The van der Waals surface area contributed by atoms with Gasteiger partial charge in [0, 0.05) is 56.1 Å². The average Bonchev–Trinajstić information content (AvgIpc) is 3.24. The van der Waals surface area contributed by atoms with Crippen LogP contribution in [0.5, 0.6) is 0 Å². The maximum absolute atomic E-state index is 12.8. The second-order valence-electron chi connectivity index (χ2n) is 7.28. The molecule has 138 valence electrons. The van der Waals surface area contributed by atoms with E-state index >= 15 is 0 Å². The van der Waals surface area contributed by atoms with Crippen LogP contribution in [0.4, 0.5) is 0 Å². The Morgan fingerprint density at radius 1 is 1.04 bits per heavy atom. The Kier molecular flexibility index (Phi) is 5.37. The summed E-state index contributed by atoms with van der Waals surface area (Å²) in [6.07, 6.45) is 4.04. The number of carbonyl (C=O) groups excluding carboxylic acids is 1. The number of piperidine rings is 1. The van der Waals surface area contributed by atoms with Crippen LogP contribution in [0, 0.1) is 0 Å². The molecule has 1 amide bonds. The molecule has 2 saturated heterocycles. The van der Waals surface area contributed by atoms with E-state index in [-0.39, 0.29) is 5.91 Å². The Morgan fingerprint density at radius 3 is 2.42 bits per heavy atom. The number of ether oxygens (including phenoxy) is 1. The molecule has 0 bridgehead atoms. The van der Waals surface area contributed by atoms with Crippen molar-refractivity contribution >= 4 is 5.91 Å². The molecule has 3 heterocycles. The molecule has 1 aromatic heterocycles. The minimum absolute atomic E-state index is 0.160. The maximum atomic E-state index is 12.8. The quantitative estimate of drug-likeness (QED) is 0.919. The van der Waals surface area contributed by atoms with E-state index in [9.17, 15) is 4.79 Å². The van der Waals surface area contributed by atoms with Crippen molar-refractivity contribution in [2.24, 2.45) is 0 Å². The number of benzene rings is 1. The molecule has 2 aromatic rings. The molecule has 1 aromatic carbocycles. The van der Waals surface area contributed by atoms with Crippen LogP contribution >= 0.6 is 0 Å². The summed E-state index contributed by atoms with van der Waals surface area (Å²) in [5.41, 5.74) is 3.35. The molecule has 1 N–H and O–H groups in total. The average molecular weight is 353 g/mol. The van der Waals surface area contributed by atoms with Crippen molar-refractivity contribution in [3.8, 4) is 0 Å². The lowest BCUT2D eigenvalue weighted by Crippen LogP contribution is -2.38. The summed E-state index contributed by atoms with van der Waals surface area (Å²) >= 11 is 0. The van der Waals surface area contributed by atoms with Gasteiger partial charge in [-0.2, -0.15) is 0 Å². The highest BCUT2D eigenvalue weighted by Crippen LogP contribution is 2.27. The van der Waals surface area contributed by atoms with Gasteiger partial charge in [0.05, 0.1) is 13.2 Å². The summed E-state index contributed by atoms with van der Waals surface area (Å²) in [6, 6.07) is 12.3. The molecular weight excluding hydrogens is 326 g/mol. The molecule has 0 spiro atoms. The summed E-state index contributed by atoms with van der Waals surface area (Å²) in [5, 5.41) is 0. The summed E-state index contributed by atoms with van der Waals surface area (Å²) in [4.78, 5) is 20.5. The molecule has 0 radical (unpaired) electrons. The number of H-pyrrole nitrogens is 1. The van der Waals surface area contributed by atoms with Crippen LogP contribution in [0.3, 0.4) is 0 Å². The van der Waals surface area contributed by atoms with Crippen molar-refractivity contribution in [2.45, 2.75) is 25.3 Å². The van der Waals surface area contributed by atoms with Crippen LogP contribution in [0.25, 0.3) is 0 Å². The first-order chi connectivity index (χ1) is 12.8. The molecule has 5 nitrogen and oxygen atoms in total. The fourth-order valence-corrected chi connectivity index (χ4v) is 3.94. The van der Waals surface area contributed by atoms with Crippen LogP contribution in [-0.4, -0.2) is 60.1 Å². The van der Waals surface area contributed by atoms with E-state index in [1.165, 1.54) is 11.3 Å². The Bertz CT molecular complexity index is 697.